The largest absolute Gasteiger partial charge is 0.465 e. The molecule has 0 amide bonds. The minimum Gasteiger partial charge on any atom is -0.465 e. The smallest absolute Gasteiger partial charge is 0.333 e. The number of esters is 1. The average molecular weight is 400 g/mol. The standard InChI is InChI=1S/C21H37O5P/c1-18(2)10-7-11-19(3)12-8-13-20(4)14-9-15-21(22)26-16-17-27(23,24-5)25-6/h10,12,14H,7-9,11,13,15-17H2,1-6H3/b19-12+,20-14+. The fourth-order valence-electron chi connectivity index (χ4n) is 2.38. The molecule has 0 aliphatic carbocycles. The van der Waals surface area contributed by atoms with Crippen LogP contribution >= 0.6 is 7.60 Å². The Hall–Kier alpha value is -1.16. The molecule has 0 spiro atoms. The lowest BCUT2D eigenvalue weighted by molar-refractivity contribution is -0.142. The van der Waals surface area contributed by atoms with Crippen molar-refractivity contribution >= 4 is 13.6 Å². The van der Waals surface area contributed by atoms with E-state index in [9.17, 15) is 9.36 Å². The summed E-state index contributed by atoms with van der Waals surface area (Å²) in [5.41, 5.74) is 4.07. The van der Waals surface area contributed by atoms with Crippen LogP contribution in [0.3, 0.4) is 0 Å². The Kier molecular flexibility index (Phi) is 14.2. The van der Waals surface area contributed by atoms with Crippen molar-refractivity contribution in [3.8, 4) is 0 Å². The summed E-state index contributed by atoms with van der Waals surface area (Å²) in [5.74, 6) is -0.298. The molecule has 0 aromatic heterocycles. The lowest BCUT2D eigenvalue weighted by atomic mass is 10.1. The Morgan fingerprint density at radius 2 is 1.30 bits per heavy atom. The van der Waals surface area contributed by atoms with Crippen LogP contribution in [0.25, 0.3) is 0 Å². The van der Waals surface area contributed by atoms with Gasteiger partial charge in [0.2, 0.25) is 0 Å². The van der Waals surface area contributed by atoms with Crippen LogP contribution in [-0.2, 0) is 23.1 Å². The van der Waals surface area contributed by atoms with Crippen LogP contribution in [0.2, 0.25) is 0 Å². The normalized spacial score (nSPS) is 12.8. The molecule has 0 aliphatic heterocycles. The van der Waals surface area contributed by atoms with Crippen molar-refractivity contribution in [3.05, 3.63) is 34.9 Å². The predicted octanol–water partition coefficient (Wildman–Crippen LogP) is 6.21. The molecule has 0 aromatic carbocycles. The van der Waals surface area contributed by atoms with Crippen molar-refractivity contribution in [1.82, 2.24) is 0 Å². The van der Waals surface area contributed by atoms with E-state index in [4.69, 9.17) is 13.8 Å². The zero-order valence-electron chi connectivity index (χ0n) is 17.9. The quantitative estimate of drug-likeness (QED) is 0.197. The van der Waals surface area contributed by atoms with Gasteiger partial charge in [-0.15, -0.1) is 0 Å². The molecule has 5 nitrogen and oxygen atoms in total. The Balaban J connectivity index is 3.99. The lowest BCUT2D eigenvalue weighted by Gasteiger charge is -2.13. The summed E-state index contributed by atoms with van der Waals surface area (Å²) in [6.07, 6.45) is 11.9. The van der Waals surface area contributed by atoms with Gasteiger partial charge in [-0.05, 0) is 59.8 Å². The number of allylic oxidation sites excluding steroid dienone is 6. The molecular formula is C21H37O5P. The number of rotatable bonds is 14. The molecule has 6 heteroatoms. The van der Waals surface area contributed by atoms with Gasteiger partial charge in [0.25, 0.3) is 0 Å². The third-order valence-electron chi connectivity index (χ3n) is 4.15. The number of carbonyl (C=O) groups excluding carboxylic acids is 1. The summed E-state index contributed by atoms with van der Waals surface area (Å²) in [4.78, 5) is 11.7. The first-order chi connectivity index (χ1) is 12.7. The Morgan fingerprint density at radius 3 is 1.78 bits per heavy atom. The highest BCUT2D eigenvalue weighted by molar-refractivity contribution is 7.53. The first-order valence-corrected chi connectivity index (χ1v) is 11.3. The third-order valence-corrected chi connectivity index (χ3v) is 5.99. The highest BCUT2D eigenvalue weighted by atomic mass is 31.2. The molecule has 0 bridgehead atoms. The van der Waals surface area contributed by atoms with Crippen LogP contribution in [-0.4, -0.2) is 33.0 Å². The number of ether oxygens (including phenoxy) is 1. The zero-order valence-corrected chi connectivity index (χ0v) is 18.8. The molecule has 0 atom stereocenters. The summed E-state index contributed by atoms with van der Waals surface area (Å²) in [5, 5.41) is 0. The van der Waals surface area contributed by atoms with Crippen molar-refractivity contribution in [1.29, 1.82) is 0 Å². The van der Waals surface area contributed by atoms with Gasteiger partial charge >= 0.3 is 13.6 Å². The molecule has 0 aliphatic rings. The molecule has 0 fully saturated rings. The van der Waals surface area contributed by atoms with E-state index in [1.807, 2.05) is 0 Å². The van der Waals surface area contributed by atoms with Crippen LogP contribution in [0, 0.1) is 0 Å². The number of hydrogen-bond acceptors (Lipinski definition) is 5. The second kappa shape index (κ2) is 14.8. The maximum Gasteiger partial charge on any atom is 0.333 e. The van der Waals surface area contributed by atoms with E-state index >= 15 is 0 Å². The predicted molar refractivity (Wildman–Crippen MR) is 112 cm³/mol. The van der Waals surface area contributed by atoms with Crippen LogP contribution in [0.4, 0.5) is 0 Å². The number of hydrogen-bond donors (Lipinski definition) is 0. The van der Waals surface area contributed by atoms with E-state index in [0.29, 0.717) is 12.8 Å². The van der Waals surface area contributed by atoms with Crippen LogP contribution in [0.1, 0.15) is 66.2 Å². The van der Waals surface area contributed by atoms with E-state index < -0.39 is 7.60 Å². The van der Waals surface area contributed by atoms with Gasteiger partial charge in [-0.1, -0.05) is 34.9 Å². The first-order valence-electron chi connectivity index (χ1n) is 9.53. The van der Waals surface area contributed by atoms with E-state index in [0.717, 1.165) is 25.7 Å². The maximum absolute atomic E-state index is 11.8. The van der Waals surface area contributed by atoms with Crippen LogP contribution in [0.15, 0.2) is 34.9 Å². The molecule has 27 heavy (non-hydrogen) atoms. The highest BCUT2D eigenvalue weighted by Crippen LogP contribution is 2.45. The van der Waals surface area contributed by atoms with E-state index in [1.54, 1.807) is 0 Å². The fourth-order valence-corrected chi connectivity index (χ4v) is 3.20. The molecule has 0 saturated heterocycles. The maximum atomic E-state index is 11.8. The van der Waals surface area contributed by atoms with Crippen LogP contribution in [0.5, 0.6) is 0 Å². The van der Waals surface area contributed by atoms with Crippen LogP contribution < -0.4 is 0 Å². The minimum atomic E-state index is -3.11. The van der Waals surface area contributed by atoms with E-state index in [1.165, 1.54) is 30.9 Å². The molecular weight excluding hydrogens is 363 g/mol. The summed E-state index contributed by atoms with van der Waals surface area (Å²) < 4.78 is 26.5. The second-order valence-corrected chi connectivity index (χ2v) is 9.32. The third kappa shape index (κ3) is 14.6. The van der Waals surface area contributed by atoms with Gasteiger partial charge in [0.1, 0.15) is 6.61 Å². The monoisotopic (exact) mass is 400 g/mol. The van der Waals surface area contributed by atoms with Crippen molar-refractivity contribution < 1.29 is 23.1 Å². The Morgan fingerprint density at radius 1 is 0.815 bits per heavy atom. The van der Waals surface area contributed by atoms with E-state index in [-0.39, 0.29) is 18.7 Å². The SMILES string of the molecule is COP(=O)(CCOC(=O)CC/C=C(\C)CC/C=C(\C)CCC=C(C)C)OC. The average Bonchev–Trinajstić information content (AvgIpc) is 2.61. The van der Waals surface area contributed by atoms with Crippen molar-refractivity contribution in [2.45, 2.75) is 66.2 Å². The summed E-state index contributed by atoms with van der Waals surface area (Å²) >= 11 is 0. The summed E-state index contributed by atoms with van der Waals surface area (Å²) in [6.45, 7) is 8.56. The molecule has 0 aromatic rings. The van der Waals surface area contributed by atoms with E-state index in [2.05, 4.69) is 45.9 Å². The van der Waals surface area contributed by atoms with Gasteiger partial charge < -0.3 is 13.8 Å². The molecule has 0 N–H and O–H groups in total. The second-order valence-electron chi connectivity index (χ2n) is 6.92. The summed E-state index contributed by atoms with van der Waals surface area (Å²) in [7, 11) is -0.472. The van der Waals surface area contributed by atoms with Crippen molar-refractivity contribution in [2.24, 2.45) is 0 Å². The fraction of sp³-hybridized carbons (Fsp3) is 0.667. The Bertz CT molecular complexity index is 563. The van der Waals surface area contributed by atoms with Gasteiger partial charge in [-0.3, -0.25) is 9.36 Å². The van der Waals surface area contributed by atoms with Crippen molar-refractivity contribution in [2.75, 3.05) is 27.0 Å². The molecule has 0 radical (unpaired) electrons. The van der Waals surface area contributed by atoms with Gasteiger partial charge in [-0.25, -0.2) is 0 Å². The van der Waals surface area contributed by atoms with Crippen molar-refractivity contribution in [3.63, 3.8) is 0 Å². The highest BCUT2D eigenvalue weighted by Gasteiger charge is 2.21. The van der Waals surface area contributed by atoms with Gasteiger partial charge in [0.05, 0.1) is 6.16 Å². The molecule has 156 valence electrons. The minimum absolute atomic E-state index is 0.0390. The summed E-state index contributed by atoms with van der Waals surface area (Å²) in [6, 6.07) is 0. The topological polar surface area (TPSA) is 61.8 Å². The molecule has 0 heterocycles. The Labute approximate surface area is 165 Å². The number of carbonyl (C=O) groups is 1. The lowest BCUT2D eigenvalue weighted by Crippen LogP contribution is -2.09. The molecule has 0 rings (SSSR count). The van der Waals surface area contributed by atoms with Gasteiger partial charge in [0.15, 0.2) is 0 Å². The van der Waals surface area contributed by atoms with Gasteiger partial charge in [-0.2, -0.15) is 0 Å². The van der Waals surface area contributed by atoms with Gasteiger partial charge in [0, 0.05) is 20.6 Å². The molecule has 0 unspecified atom stereocenters. The zero-order chi connectivity index (χ0) is 20.7. The molecule has 0 saturated carbocycles. The first kappa shape index (κ1) is 25.8.